The molecular weight excluding hydrogens is 438 g/mol. The van der Waals surface area contributed by atoms with Crippen molar-refractivity contribution in [1.29, 1.82) is 0 Å². The van der Waals surface area contributed by atoms with Gasteiger partial charge in [0.2, 0.25) is 5.91 Å². The van der Waals surface area contributed by atoms with Crippen LogP contribution in [0.15, 0.2) is 36.4 Å². The van der Waals surface area contributed by atoms with Gasteiger partial charge >= 0.3 is 0 Å². The Labute approximate surface area is 200 Å². The van der Waals surface area contributed by atoms with E-state index in [-0.39, 0.29) is 23.7 Å². The number of hydrogen-bond acceptors (Lipinski definition) is 4. The summed E-state index contributed by atoms with van der Waals surface area (Å²) in [5, 5.41) is 3.93. The van der Waals surface area contributed by atoms with Crippen molar-refractivity contribution < 1.29 is 19.0 Å². The van der Waals surface area contributed by atoms with E-state index in [1.165, 1.54) is 19.3 Å². The molecule has 33 heavy (non-hydrogen) atoms. The highest BCUT2D eigenvalue weighted by Gasteiger charge is 2.46. The van der Waals surface area contributed by atoms with Gasteiger partial charge in [-0.2, -0.15) is 0 Å². The van der Waals surface area contributed by atoms with Crippen molar-refractivity contribution in [2.75, 3.05) is 7.11 Å². The van der Waals surface area contributed by atoms with Crippen LogP contribution < -0.4 is 19.5 Å². The minimum Gasteiger partial charge on any atom is -0.493 e. The zero-order chi connectivity index (χ0) is 22.8. The number of methoxy groups -OCH3 is 1. The third-order valence-corrected chi connectivity index (χ3v) is 7.57. The summed E-state index contributed by atoms with van der Waals surface area (Å²) >= 11 is 6.26. The molecule has 1 unspecified atom stereocenters. The molecule has 1 heterocycles. The molecule has 1 atom stereocenters. The zero-order valence-corrected chi connectivity index (χ0v) is 20.0. The van der Waals surface area contributed by atoms with Crippen molar-refractivity contribution in [3.05, 3.63) is 52.5 Å². The summed E-state index contributed by atoms with van der Waals surface area (Å²) in [6.07, 6.45) is 9.81. The lowest BCUT2D eigenvalue weighted by Gasteiger charge is -2.48. The van der Waals surface area contributed by atoms with Crippen molar-refractivity contribution in [2.24, 2.45) is 0 Å². The first-order valence-electron chi connectivity index (χ1n) is 12.2. The molecule has 1 amide bonds. The molecule has 1 aliphatic heterocycles. The summed E-state index contributed by atoms with van der Waals surface area (Å²) in [4.78, 5) is 13.1. The molecule has 6 heteroatoms. The second kappa shape index (κ2) is 9.46. The maximum Gasteiger partial charge on any atom is 0.220 e. The van der Waals surface area contributed by atoms with Gasteiger partial charge in [-0.3, -0.25) is 4.79 Å². The first kappa shape index (κ1) is 22.4. The lowest BCUT2D eigenvalue weighted by Crippen LogP contribution is -2.49. The molecule has 2 aliphatic carbocycles. The molecule has 176 valence electrons. The molecule has 2 aromatic carbocycles. The normalized spacial score (nSPS) is 21.1. The average molecular weight is 470 g/mol. The highest BCUT2D eigenvalue weighted by Crippen LogP contribution is 2.49. The lowest BCUT2D eigenvalue weighted by molar-refractivity contribution is -0.123. The predicted octanol–water partition coefficient (Wildman–Crippen LogP) is 6.17. The number of benzene rings is 2. The first-order chi connectivity index (χ1) is 16.0. The van der Waals surface area contributed by atoms with Crippen LogP contribution >= 0.6 is 11.6 Å². The molecule has 3 aliphatic rings. The fourth-order valence-electron chi connectivity index (χ4n) is 5.39. The van der Waals surface area contributed by atoms with Gasteiger partial charge in [0.1, 0.15) is 11.4 Å². The zero-order valence-electron chi connectivity index (χ0n) is 19.2. The summed E-state index contributed by atoms with van der Waals surface area (Å²) in [7, 11) is 1.66. The van der Waals surface area contributed by atoms with Crippen LogP contribution in [0.3, 0.4) is 0 Å². The maximum atomic E-state index is 13.1. The SMILES string of the molecule is COc1cccc(CCC(=O)NC2CC3(CCC3)Oc3ccc(Cl)cc32)c1OC1CCCC1. The van der Waals surface area contributed by atoms with Gasteiger partial charge in [0.15, 0.2) is 11.5 Å². The van der Waals surface area contributed by atoms with Gasteiger partial charge in [0.25, 0.3) is 0 Å². The number of ether oxygens (including phenoxy) is 3. The third-order valence-electron chi connectivity index (χ3n) is 7.34. The Kier molecular flexibility index (Phi) is 6.42. The average Bonchev–Trinajstić information content (AvgIpc) is 3.30. The number of carbonyl (C=O) groups is 1. The molecule has 2 saturated carbocycles. The van der Waals surface area contributed by atoms with Crippen LogP contribution in [-0.4, -0.2) is 24.7 Å². The second-order valence-corrected chi connectivity index (χ2v) is 10.1. The molecule has 1 N–H and O–H groups in total. The maximum absolute atomic E-state index is 13.1. The Morgan fingerprint density at radius 1 is 1.18 bits per heavy atom. The number of nitrogens with one attached hydrogen (secondary N) is 1. The Morgan fingerprint density at radius 3 is 2.73 bits per heavy atom. The molecule has 5 nitrogen and oxygen atoms in total. The molecule has 2 fully saturated rings. The van der Waals surface area contributed by atoms with Gasteiger partial charge in [-0.1, -0.05) is 23.7 Å². The van der Waals surface area contributed by atoms with Crippen LogP contribution in [0.25, 0.3) is 0 Å². The van der Waals surface area contributed by atoms with Crippen LogP contribution in [0.5, 0.6) is 17.2 Å². The van der Waals surface area contributed by atoms with Crippen LogP contribution in [0.2, 0.25) is 5.02 Å². The number of fused-ring (bicyclic) bond motifs is 1. The summed E-state index contributed by atoms with van der Waals surface area (Å²) in [6.45, 7) is 0. The topological polar surface area (TPSA) is 56.8 Å². The highest BCUT2D eigenvalue weighted by atomic mass is 35.5. The summed E-state index contributed by atoms with van der Waals surface area (Å²) in [6, 6.07) is 11.5. The van der Waals surface area contributed by atoms with Gasteiger partial charge in [-0.05, 0) is 81.2 Å². The van der Waals surface area contributed by atoms with Crippen molar-refractivity contribution in [2.45, 2.75) is 82.0 Å². The number of para-hydroxylation sites is 1. The van der Waals surface area contributed by atoms with Crippen LogP contribution in [0.1, 0.15) is 75.0 Å². The molecule has 0 radical (unpaired) electrons. The van der Waals surface area contributed by atoms with E-state index in [1.807, 2.05) is 36.4 Å². The predicted molar refractivity (Wildman–Crippen MR) is 128 cm³/mol. The molecule has 1 spiro atoms. The Hall–Kier alpha value is -2.40. The fourth-order valence-corrected chi connectivity index (χ4v) is 5.57. The minimum atomic E-state index is -0.145. The third kappa shape index (κ3) is 4.79. The number of aryl methyl sites for hydroxylation is 1. The van der Waals surface area contributed by atoms with Crippen molar-refractivity contribution >= 4 is 17.5 Å². The molecule has 0 saturated heterocycles. The molecular formula is C27H32ClNO4. The van der Waals surface area contributed by atoms with Gasteiger partial charge in [-0.25, -0.2) is 0 Å². The number of hydrogen-bond donors (Lipinski definition) is 1. The Balaban J connectivity index is 1.28. The van der Waals surface area contributed by atoms with Crippen LogP contribution in [-0.2, 0) is 11.2 Å². The van der Waals surface area contributed by atoms with Gasteiger partial charge in [-0.15, -0.1) is 0 Å². The van der Waals surface area contributed by atoms with Gasteiger partial charge < -0.3 is 19.5 Å². The van der Waals surface area contributed by atoms with Crippen LogP contribution in [0, 0.1) is 0 Å². The number of amides is 1. The van der Waals surface area contributed by atoms with E-state index in [0.29, 0.717) is 17.9 Å². The van der Waals surface area contributed by atoms with E-state index in [9.17, 15) is 4.79 Å². The van der Waals surface area contributed by atoms with Crippen LogP contribution in [0.4, 0.5) is 0 Å². The van der Waals surface area contributed by atoms with Crippen molar-refractivity contribution in [1.82, 2.24) is 5.32 Å². The number of halogens is 1. The van der Waals surface area contributed by atoms with E-state index in [2.05, 4.69) is 5.32 Å². The second-order valence-electron chi connectivity index (χ2n) is 9.62. The summed E-state index contributed by atoms with van der Waals surface area (Å²) < 4.78 is 18.2. The summed E-state index contributed by atoms with van der Waals surface area (Å²) in [5.74, 6) is 2.39. The van der Waals surface area contributed by atoms with Gasteiger partial charge in [0.05, 0.1) is 19.3 Å². The van der Waals surface area contributed by atoms with Crippen molar-refractivity contribution in [3.8, 4) is 17.2 Å². The largest absolute Gasteiger partial charge is 0.493 e. The lowest BCUT2D eigenvalue weighted by atomic mass is 9.73. The smallest absolute Gasteiger partial charge is 0.220 e. The van der Waals surface area contributed by atoms with E-state index in [1.54, 1.807) is 7.11 Å². The van der Waals surface area contributed by atoms with E-state index in [0.717, 1.165) is 60.5 Å². The van der Waals surface area contributed by atoms with E-state index in [4.69, 9.17) is 25.8 Å². The van der Waals surface area contributed by atoms with E-state index >= 15 is 0 Å². The molecule has 0 aromatic heterocycles. The monoisotopic (exact) mass is 469 g/mol. The highest BCUT2D eigenvalue weighted by molar-refractivity contribution is 6.30. The molecule has 5 rings (SSSR count). The van der Waals surface area contributed by atoms with Crippen molar-refractivity contribution in [3.63, 3.8) is 0 Å². The fraction of sp³-hybridized carbons (Fsp3) is 0.519. The van der Waals surface area contributed by atoms with E-state index < -0.39 is 0 Å². The Bertz CT molecular complexity index is 1010. The standard InChI is InChI=1S/C27H32ClNO4/c1-31-24-9-4-6-18(26(24)32-20-7-2-3-8-20)10-13-25(30)29-22-17-27(14-5-15-27)33-23-12-11-19(28)16-21(22)23/h4,6,9,11-12,16,20,22H,2-3,5,7-8,10,13-15,17H2,1H3,(H,29,30). The minimum absolute atomic E-state index is 0.0249. The number of carbonyl (C=O) groups excluding carboxylic acids is 1. The summed E-state index contributed by atoms with van der Waals surface area (Å²) in [5.41, 5.74) is 1.84. The number of rotatable bonds is 7. The molecule has 2 aromatic rings. The quantitative estimate of drug-likeness (QED) is 0.527. The Morgan fingerprint density at radius 2 is 2.00 bits per heavy atom. The first-order valence-corrected chi connectivity index (χ1v) is 12.5. The van der Waals surface area contributed by atoms with Gasteiger partial charge in [0, 0.05) is 23.4 Å². The molecule has 0 bridgehead atoms.